The van der Waals surface area contributed by atoms with E-state index in [0.717, 1.165) is 24.8 Å². The maximum atomic E-state index is 13.2. The lowest BCUT2D eigenvalue weighted by atomic mass is 9.87. The minimum Gasteiger partial charge on any atom is -0.335 e. The minimum atomic E-state index is -0.276. The normalized spacial score (nSPS) is 17.2. The van der Waals surface area contributed by atoms with Crippen molar-refractivity contribution in [2.24, 2.45) is 0 Å². The predicted octanol–water partition coefficient (Wildman–Crippen LogP) is 4.63. The molecule has 1 heterocycles. The van der Waals surface area contributed by atoms with E-state index >= 15 is 0 Å². The van der Waals surface area contributed by atoms with Crippen LogP contribution in [0.5, 0.6) is 0 Å². The first-order valence-electron chi connectivity index (χ1n) is 10.9. The van der Waals surface area contributed by atoms with Crippen molar-refractivity contribution < 1.29 is 14.4 Å². The molecule has 1 aliphatic carbocycles. The van der Waals surface area contributed by atoms with Crippen LogP contribution in [0.1, 0.15) is 66.6 Å². The van der Waals surface area contributed by atoms with Crippen LogP contribution in [-0.2, 0) is 13.0 Å². The molecule has 0 saturated carbocycles. The Balaban J connectivity index is 1.31. The minimum absolute atomic E-state index is 0.0287. The van der Waals surface area contributed by atoms with E-state index in [9.17, 15) is 14.4 Å². The molecule has 1 aliphatic heterocycles. The number of fused-ring (bicyclic) bond motifs is 2. The highest BCUT2D eigenvalue weighted by Gasteiger charge is 2.35. The van der Waals surface area contributed by atoms with Crippen molar-refractivity contribution in [3.8, 4) is 0 Å². The van der Waals surface area contributed by atoms with Crippen molar-refractivity contribution >= 4 is 17.7 Å². The largest absolute Gasteiger partial charge is 0.335 e. The Morgan fingerprint density at radius 1 is 0.906 bits per heavy atom. The molecule has 32 heavy (non-hydrogen) atoms. The summed E-state index contributed by atoms with van der Waals surface area (Å²) in [5, 5.41) is 0. The highest BCUT2D eigenvalue weighted by atomic mass is 16.2. The molecule has 3 aromatic carbocycles. The Bertz CT molecular complexity index is 1180. The fourth-order valence-electron chi connectivity index (χ4n) is 4.79. The molecule has 0 spiro atoms. The quantitative estimate of drug-likeness (QED) is 0.574. The average molecular weight is 425 g/mol. The zero-order valence-electron chi connectivity index (χ0n) is 18.0. The van der Waals surface area contributed by atoms with E-state index in [0.29, 0.717) is 16.7 Å². The molecule has 3 aromatic rings. The molecule has 0 fully saturated rings. The Morgan fingerprint density at radius 3 is 2.22 bits per heavy atom. The lowest BCUT2D eigenvalue weighted by molar-refractivity contribution is 0.0640. The van der Waals surface area contributed by atoms with Crippen molar-refractivity contribution in [3.05, 3.63) is 106 Å². The predicted molar refractivity (Wildman–Crippen MR) is 121 cm³/mol. The smallest absolute Gasteiger partial charge is 0.261 e. The Kier molecular flexibility index (Phi) is 5.10. The molecule has 0 radical (unpaired) electrons. The summed E-state index contributed by atoms with van der Waals surface area (Å²) < 4.78 is 0. The second kappa shape index (κ2) is 8.08. The first kappa shape index (κ1) is 20.2. The van der Waals surface area contributed by atoms with Gasteiger partial charge < -0.3 is 4.90 Å². The summed E-state index contributed by atoms with van der Waals surface area (Å²) in [5.74, 6) is -0.582. The van der Waals surface area contributed by atoms with Gasteiger partial charge in [0.1, 0.15) is 0 Å². The molecule has 0 N–H and O–H groups in total. The number of nitrogens with zero attached hydrogens (tertiary/aromatic N) is 2. The van der Waals surface area contributed by atoms with Crippen molar-refractivity contribution in [1.82, 2.24) is 9.80 Å². The van der Waals surface area contributed by atoms with Gasteiger partial charge in [-0.05, 0) is 60.2 Å². The van der Waals surface area contributed by atoms with E-state index in [2.05, 4.69) is 18.2 Å². The average Bonchev–Trinajstić information content (AvgIpc) is 3.08. The number of carbonyl (C=O) groups excluding carboxylic acids is 3. The maximum absolute atomic E-state index is 13.2. The molecule has 0 aromatic heterocycles. The van der Waals surface area contributed by atoms with E-state index in [-0.39, 0.29) is 30.3 Å². The van der Waals surface area contributed by atoms with E-state index in [1.807, 2.05) is 30.1 Å². The maximum Gasteiger partial charge on any atom is 0.261 e. The Morgan fingerprint density at radius 2 is 1.53 bits per heavy atom. The van der Waals surface area contributed by atoms with Crippen LogP contribution in [0.4, 0.5) is 0 Å². The van der Waals surface area contributed by atoms with Crippen molar-refractivity contribution in [1.29, 1.82) is 0 Å². The number of aryl methyl sites for hydroxylation is 1. The molecule has 2 aliphatic rings. The van der Waals surface area contributed by atoms with Gasteiger partial charge in [-0.25, -0.2) is 0 Å². The summed E-state index contributed by atoms with van der Waals surface area (Å²) >= 11 is 0. The second-order valence-corrected chi connectivity index (χ2v) is 8.46. The van der Waals surface area contributed by atoms with Crippen molar-refractivity contribution in [3.63, 3.8) is 0 Å². The monoisotopic (exact) mass is 424 g/mol. The van der Waals surface area contributed by atoms with Gasteiger partial charge in [-0.2, -0.15) is 0 Å². The van der Waals surface area contributed by atoms with Gasteiger partial charge in [-0.15, -0.1) is 0 Å². The Hall–Kier alpha value is -3.73. The van der Waals surface area contributed by atoms with Gasteiger partial charge in [0.05, 0.1) is 23.7 Å². The van der Waals surface area contributed by atoms with Crippen LogP contribution in [0.3, 0.4) is 0 Å². The summed E-state index contributed by atoms with van der Waals surface area (Å²) in [5.41, 5.74) is 4.84. The highest BCUT2D eigenvalue weighted by Crippen LogP contribution is 2.34. The number of carbonyl (C=O) groups is 3. The molecule has 0 unspecified atom stereocenters. The number of benzene rings is 3. The van der Waals surface area contributed by atoms with Crippen molar-refractivity contribution in [2.75, 3.05) is 7.05 Å². The Labute approximate surface area is 187 Å². The van der Waals surface area contributed by atoms with Crippen LogP contribution < -0.4 is 0 Å². The zero-order valence-corrected chi connectivity index (χ0v) is 18.0. The van der Waals surface area contributed by atoms with Gasteiger partial charge in [0.2, 0.25) is 0 Å². The van der Waals surface area contributed by atoms with E-state index in [1.165, 1.54) is 16.0 Å². The SMILES string of the molecule is CN(C(=O)c1ccc(CN2C(=O)c3ccccc3C2=O)cc1)[C@@H]1CCCc2ccccc21. The lowest BCUT2D eigenvalue weighted by Gasteiger charge is -2.33. The molecule has 1 atom stereocenters. The first-order valence-corrected chi connectivity index (χ1v) is 10.9. The lowest BCUT2D eigenvalue weighted by Crippen LogP contribution is -2.33. The number of rotatable bonds is 4. The summed E-state index contributed by atoms with van der Waals surface area (Å²) in [4.78, 5) is 41.4. The zero-order chi connectivity index (χ0) is 22.2. The van der Waals surface area contributed by atoms with Gasteiger partial charge in [0, 0.05) is 12.6 Å². The molecule has 3 amide bonds. The summed E-state index contributed by atoms with van der Waals surface area (Å²) in [7, 11) is 1.86. The molecule has 0 bridgehead atoms. The highest BCUT2D eigenvalue weighted by molar-refractivity contribution is 6.21. The molecular weight excluding hydrogens is 400 g/mol. The van der Waals surface area contributed by atoms with Gasteiger partial charge in [-0.1, -0.05) is 48.5 Å². The van der Waals surface area contributed by atoms with Gasteiger partial charge >= 0.3 is 0 Å². The standard InChI is InChI=1S/C27H24N2O3/c1-28(24-12-6-8-19-7-2-3-9-21(19)24)25(30)20-15-13-18(14-16-20)17-29-26(31)22-10-4-5-11-23(22)27(29)32/h2-5,7,9-11,13-16,24H,6,8,12,17H2,1H3/t24-/m1/s1. The molecule has 5 nitrogen and oxygen atoms in total. The van der Waals surface area contributed by atoms with E-state index < -0.39 is 0 Å². The fourth-order valence-corrected chi connectivity index (χ4v) is 4.79. The third kappa shape index (κ3) is 3.40. The van der Waals surface area contributed by atoms with E-state index in [4.69, 9.17) is 0 Å². The van der Waals surface area contributed by atoms with Crippen LogP contribution in [0.15, 0.2) is 72.8 Å². The number of hydrogen-bond donors (Lipinski definition) is 0. The number of hydrogen-bond acceptors (Lipinski definition) is 3. The molecule has 5 heteroatoms. The van der Waals surface area contributed by atoms with Crippen LogP contribution in [-0.4, -0.2) is 34.6 Å². The molecule has 160 valence electrons. The molecule has 5 rings (SSSR count). The van der Waals surface area contributed by atoms with Crippen LogP contribution in [0.25, 0.3) is 0 Å². The second-order valence-electron chi connectivity index (χ2n) is 8.46. The molecular formula is C27H24N2O3. The van der Waals surface area contributed by atoms with Crippen molar-refractivity contribution in [2.45, 2.75) is 31.8 Å². The van der Waals surface area contributed by atoms with E-state index in [1.54, 1.807) is 36.4 Å². The van der Waals surface area contributed by atoms with Crippen LogP contribution in [0, 0.1) is 0 Å². The topological polar surface area (TPSA) is 57.7 Å². The van der Waals surface area contributed by atoms with Crippen LogP contribution in [0.2, 0.25) is 0 Å². The van der Waals surface area contributed by atoms with Gasteiger partial charge in [-0.3, -0.25) is 19.3 Å². The van der Waals surface area contributed by atoms with Crippen LogP contribution >= 0.6 is 0 Å². The fraction of sp³-hybridized carbons (Fsp3) is 0.222. The summed E-state index contributed by atoms with van der Waals surface area (Å²) in [6.07, 6.45) is 3.08. The first-order chi connectivity index (χ1) is 15.5. The number of imide groups is 1. The molecule has 0 saturated heterocycles. The van der Waals surface area contributed by atoms with Gasteiger partial charge in [0.15, 0.2) is 0 Å². The summed E-state index contributed by atoms with van der Waals surface area (Å²) in [6.45, 7) is 0.187. The number of amides is 3. The third-order valence-electron chi connectivity index (χ3n) is 6.55. The summed E-state index contributed by atoms with van der Waals surface area (Å²) in [6, 6.07) is 22.5. The van der Waals surface area contributed by atoms with Gasteiger partial charge in [0.25, 0.3) is 17.7 Å². The third-order valence-corrected chi connectivity index (χ3v) is 6.55.